The minimum absolute atomic E-state index is 0.197. The third-order valence-electron chi connectivity index (χ3n) is 4.28. The minimum Gasteiger partial charge on any atom is -0.486 e. The normalized spacial score (nSPS) is 10.8. The monoisotopic (exact) mass is 407 g/mol. The van der Waals surface area contributed by atoms with Crippen molar-refractivity contribution in [2.75, 3.05) is 0 Å². The summed E-state index contributed by atoms with van der Waals surface area (Å²) in [5.74, 6) is 0.432. The predicted octanol–water partition coefficient (Wildman–Crippen LogP) is 4.66. The molecule has 0 radical (unpaired) electrons. The Labute approximate surface area is 170 Å². The summed E-state index contributed by atoms with van der Waals surface area (Å²) in [4.78, 5) is 28.2. The van der Waals surface area contributed by atoms with Gasteiger partial charge < -0.3 is 13.9 Å². The first-order chi connectivity index (χ1) is 14.0. The number of aryl methyl sites for hydroxylation is 2. The Hall–Kier alpha value is -3.45. The van der Waals surface area contributed by atoms with Gasteiger partial charge in [-0.05, 0) is 43.7 Å². The van der Waals surface area contributed by atoms with Gasteiger partial charge in [-0.1, -0.05) is 17.7 Å². The Morgan fingerprint density at radius 3 is 2.62 bits per heavy atom. The molecule has 0 saturated carbocycles. The summed E-state index contributed by atoms with van der Waals surface area (Å²) in [5.41, 5.74) is 2.07. The van der Waals surface area contributed by atoms with E-state index in [0.717, 1.165) is 22.3 Å². The number of thiazole rings is 1. The maximum absolute atomic E-state index is 12.4. The Bertz CT molecular complexity index is 1240. The first kappa shape index (κ1) is 18.9. The van der Waals surface area contributed by atoms with Gasteiger partial charge in [-0.15, -0.1) is 11.3 Å². The molecule has 6 nitrogen and oxygen atoms in total. The molecule has 0 atom stereocenters. The highest BCUT2D eigenvalue weighted by molar-refractivity contribution is 7.09. The van der Waals surface area contributed by atoms with Crippen molar-refractivity contribution in [3.63, 3.8) is 0 Å². The van der Waals surface area contributed by atoms with Gasteiger partial charge in [0.1, 0.15) is 28.7 Å². The molecule has 0 bridgehead atoms. The zero-order valence-corrected chi connectivity index (χ0v) is 16.6. The molecule has 0 amide bonds. The molecule has 4 aromatic rings. The summed E-state index contributed by atoms with van der Waals surface area (Å²) in [7, 11) is 0. The Kier molecular flexibility index (Phi) is 5.14. The second kappa shape index (κ2) is 7.89. The van der Waals surface area contributed by atoms with E-state index in [2.05, 4.69) is 4.98 Å². The van der Waals surface area contributed by atoms with Crippen LogP contribution < -0.4 is 15.1 Å². The van der Waals surface area contributed by atoms with Crippen molar-refractivity contribution in [3.8, 4) is 11.5 Å². The number of hydrogen-bond acceptors (Lipinski definition) is 7. The smallest absolute Gasteiger partial charge is 0.363 e. The topological polar surface area (TPSA) is 78.6 Å². The van der Waals surface area contributed by atoms with E-state index in [1.165, 1.54) is 23.5 Å². The van der Waals surface area contributed by atoms with Crippen LogP contribution >= 0.6 is 11.3 Å². The second-order valence-electron chi connectivity index (χ2n) is 6.52. The highest BCUT2D eigenvalue weighted by Gasteiger charge is 2.15. The number of ether oxygens (including phenoxy) is 2. The zero-order chi connectivity index (χ0) is 20.4. The lowest BCUT2D eigenvalue weighted by atomic mass is 10.1. The van der Waals surface area contributed by atoms with E-state index in [1.807, 2.05) is 38.1 Å². The van der Waals surface area contributed by atoms with Crippen molar-refractivity contribution in [1.82, 2.24) is 4.98 Å². The third kappa shape index (κ3) is 4.35. The lowest BCUT2D eigenvalue weighted by Crippen LogP contribution is -2.09. The van der Waals surface area contributed by atoms with Crippen molar-refractivity contribution in [2.24, 2.45) is 0 Å². The summed E-state index contributed by atoms with van der Waals surface area (Å²) in [6.07, 6.45) is 0. The molecule has 0 aliphatic heterocycles. The number of nitrogens with zero attached hydrogens (tertiary/aromatic N) is 1. The average molecular weight is 407 g/mol. The zero-order valence-electron chi connectivity index (χ0n) is 15.8. The van der Waals surface area contributed by atoms with Gasteiger partial charge in [0.25, 0.3) is 0 Å². The van der Waals surface area contributed by atoms with Crippen LogP contribution in [0.15, 0.2) is 63.1 Å². The molecule has 0 saturated heterocycles. The molecule has 0 fully saturated rings. The van der Waals surface area contributed by atoms with Gasteiger partial charge in [0.15, 0.2) is 5.69 Å². The van der Waals surface area contributed by atoms with E-state index in [0.29, 0.717) is 10.6 Å². The number of benzene rings is 2. The number of rotatable bonds is 5. The number of fused-ring (bicyclic) bond motifs is 1. The van der Waals surface area contributed by atoms with Gasteiger partial charge >= 0.3 is 11.6 Å². The van der Waals surface area contributed by atoms with E-state index >= 15 is 0 Å². The average Bonchev–Trinajstić information content (AvgIpc) is 3.16. The quantitative estimate of drug-likeness (QED) is 0.272. The third-order valence-corrected chi connectivity index (χ3v) is 5.10. The fourth-order valence-corrected chi connectivity index (χ4v) is 3.45. The van der Waals surface area contributed by atoms with Crippen LogP contribution in [0.1, 0.15) is 26.6 Å². The molecule has 2 aromatic carbocycles. The molecule has 2 heterocycles. The Morgan fingerprint density at radius 1 is 1.07 bits per heavy atom. The minimum atomic E-state index is -0.586. The molecule has 0 aliphatic carbocycles. The molecule has 2 aromatic heterocycles. The van der Waals surface area contributed by atoms with E-state index in [1.54, 1.807) is 17.5 Å². The fourth-order valence-electron chi connectivity index (χ4n) is 2.78. The van der Waals surface area contributed by atoms with Gasteiger partial charge in [-0.3, -0.25) is 0 Å². The van der Waals surface area contributed by atoms with E-state index in [-0.39, 0.29) is 18.1 Å². The lowest BCUT2D eigenvalue weighted by Gasteiger charge is -2.05. The maximum atomic E-state index is 12.4. The standard InChI is InChI=1S/C22H17NO5S/c1-13-3-5-15(6-4-13)26-11-20-23-18(12-29-20)22(25)27-16-7-8-17-14(2)9-21(24)28-19(17)10-16/h3-10,12H,11H2,1-2H3. The van der Waals surface area contributed by atoms with Gasteiger partial charge in [-0.25, -0.2) is 14.6 Å². The molecule has 7 heteroatoms. The second-order valence-corrected chi connectivity index (χ2v) is 7.47. The lowest BCUT2D eigenvalue weighted by molar-refractivity contribution is 0.0729. The number of esters is 1. The fraction of sp³-hybridized carbons (Fsp3) is 0.136. The highest BCUT2D eigenvalue weighted by atomic mass is 32.1. The van der Waals surface area contributed by atoms with Crippen LogP contribution in [-0.4, -0.2) is 11.0 Å². The predicted molar refractivity (Wildman–Crippen MR) is 110 cm³/mol. The van der Waals surface area contributed by atoms with Crippen LogP contribution in [0.4, 0.5) is 0 Å². The molecular formula is C22H17NO5S. The summed E-state index contributed by atoms with van der Waals surface area (Å²) in [6.45, 7) is 4.09. The summed E-state index contributed by atoms with van der Waals surface area (Å²) in [6, 6.07) is 14.0. The van der Waals surface area contributed by atoms with Gasteiger partial charge in [-0.2, -0.15) is 0 Å². The molecule has 0 spiro atoms. The van der Waals surface area contributed by atoms with Gasteiger partial charge in [0.05, 0.1) is 0 Å². The molecule has 0 aliphatic rings. The number of carbonyl (C=O) groups excluding carboxylic acids is 1. The molecule has 146 valence electrons. The van der Waals surface area contributed by atoms with E-state index in [4.69, 9.17) is 13.9 Å². The Morgan fingerprint density at radius 2 is 1.83 bits per heavy atom. The summed E-state index contributed by atoms with van der Waals surface area (Å²) < 4.78 is 16.2. The van der Waals surface area contributed by atoms with Crippen molar-refractivity contribution < 1.29 is 18.7 Å². The summed E-state index contributed by atoms with van der Waals surface area (Å²) >= 11 is 1.32. The molecule has 29 heavy (non-hydrogen) atoms. The van der Waals surface area contributed by atoms with Crippen LogP contribution in [0.2, 0.25) is 0 Å². The van der Waals surface area contributed by atoms with Crippen LogP contribution in [0.5, 0.6) is 11.5 Å². The maximum Gasteiger partial charge on any atom is 0.363 e. The van der Waals surface area contributed by atoms with Crippen molar-refractivity contribution in [3.05, 3.63) is 86.2 Å². The molecule has 0 N–H and O–H groups in total. The number of carbonyl (C=O) groups is 1. The van der Waals surface area contributed by atoms with Crippen molar-refractivity contribution in [2.45, 2.75) is 20.5 Å². The van der Waals surface area contributed by atoms with Crippen LogP contribution in [0.25, 0.3) is 11.0 Å². The first-order valence-corrected chi connectivity index (χ1v) is 9.76. The van der Waals surface area contributed by atoms with Gasteiger partial charge in [0.2, 0.25) is 0 Å². The SMILES string of the molecule is Cc1ccc(OCc2nc(C(=O)Oc3ccc4c(C)cc(=O)oc4c3)cs2)cc1. The number of aromatic nitrogens is 1. The van der Waals surface area contributed by atoms with Crippen molar-refractivity contribution in [1.29, 1.82) is 0 Å². The Balaban J connectivity index is 1.44. The van der Waals surface area contributed by atoms with E-state index in [9.17, 15) is 9.59 Å². The van der Waals surface area contributed by atoms with Crippen molar-refractivity contribution >= 4 is 28.3 Å². The van der Waals surface area contributed by atoms with Gasteiger partial charge in [0, 0.05) is 22.9 Å². The molecule has 4 rings (SSSR count). The summed E-state index contributed by atoms with van der Waals surface area (Å²) in [5, 5.41) is 3.08. The van der Waals surface area contributed by atoms with Crippen LogP contribution in [0, 0.1) is 13.8 Å². The first-order valence-electron chi connectivity index (χ1n) is 8.88. The molecule has 0 unspecified atom stereocenters. The highest BCUT2D eigenvalue weighted by Crippen LogP contribution is 2.23. The molecular weight excluding hydrogens is 390 g/mol. The van der Waals surface area contributed by atoms with Crippen LogP contribution in [-0.2, 0) is 6.61 Å². The van der Waals surface area contributed by atoms with Crippen LogP contribution in [0.3, 0.4) is 0 Å². The number of hydrogen-bond donors (Lipinski definition) is 0. The van der Waals surface area contributed by atoms with E-state index < -0.39 is 11.6 Å². The largest absolute Gasteiger partial charge is 0.486 e.